The molecule has 3 N–H and O–H groups in total. The summed E-state index contributed by atoms with van der Waals surface area (Å²) >= 11 is 0. The molecule has 1 atom stereocenters. The molecule has 0 spiro atoms. The maximum atomic E-state index is 11.8. The number of nitrogens with zero attached hydrogens (tertiary/aromatic N) is 4. The smallest absolute Gasteiger partial charge is 0.319 e. The zero-order valence-corrected chi connectivity index (χ0v) is 18.8. The van der Waals surface area contributed by atoms with Crippen LogP contribution < -0.4 is 15.5 Å². The summed E-state index contributed by atoms with van der Waals surface area (Å²) in [7, 11) is 0. The number of carbonyl (C=O) groups is 1. The van der Waals surface area contributed by atoms with Gasteiger partial charge in [0.05, 0.1) is 31.6 Å². The molecule has 1 aromatic heterocycles. The van der Waals surface area contributed by atoms with Crippen molar-refractivity contribution in [2.24, 2.45) is 0 Å². The molecule has 2 aromatic rings. The minimum Gasteiger partial charge on any atom is -0.395 e. The molecule has 2 aliphatic rings. The molecular weight excluding hydrogens is 408 g/mol. The lowest BCUT2D eigenvalue weighted by atomic mass is 10.0. The standard InChI is InChI=1S/C23H32N6O3/c1-3-24-23(31)25-18-6-4-17(5-7-18)21-26-20-14-28(10-12-30)9-8-19(20)22(27-21)29-11-13-32-15-16(29)2/h4-7,16,30H,3,8-15H2,1-2H3,(H2,24,25,31). The van der Waals surface area contributed by atoms with E-state index in [0.29, 0.717) is 44.4 Å². The molecule has 32 heavy (non-hydrogen) atoms. The number of morpholine rings is 1. The highest BCUT2D eigenvalue weighted by molar-refractivity contribution is 5.89. The van der Waals surface area contributed by atoms with Crippen LogP contribution in [-0.2, 0) is 17.7 Å². The number of ether oxygens (including phenoxy) is 1. The van der Waals surface area contributed by atoms with Crippen molar-refractivity contribution in [3.8, 4) is 11.4 Å². The number of nitrogens with one attached hydrogen (secondary N) is 2. The second kappa shape index (κ2) is 10.2. The molecule has 2 aliphatic heterocycles. The molecule has 3 heterocycles. The topological polar surface area (TPSA) is 103 Å². The van der Waals surface area contributed by atoms with Crippen molar-refractivity contribution < 1.29 is 14.6 Å². The number of urea groups is 1. The summed E-state index contributed by atoms with van der Waals surface area (Å²) in [4.78, 5) is 26.3. The van der Waals surface area contributed by atoms with Gasteiger partial charge in [-0.3, -0.25) is 4.90 Å². The van der Waals surface area contributed by atoms with Crippen molar-refractivity contribution in [3.05, 3.63) is 35.5 Å². The zero-order chi connectivity index (χ0) is 22.5. The van der Waals surface area contributed by atoms with Gasteiger partial charge in [0.15, 0.2) is 5.82 Å². The number of rotatable bonds is 6. The summed E-state index contributed by atoms with van der Waals surface area (Å²) in [5.41, 5.74) is 3.84. The Bertz CT molecular complexity index is 936. The molecule has 4 rings (SSSR count). The van der Waals surface area contributed by atoms with Crippen molar-refractivity contribution in [1.29, 1.82) is 0 Å². The predicted molar refractivity (Wildman–Crippen MR) is 124 cm³/mol. The summed E-state index contributed by atoms with van der Waals surface area (Å²) in [6.07, 6.45) is 0.865. The van der Waals surface area contributed by atoms with Crippen LogP contribution in [0.3, 0.4) is 0 Å². The number of aliphatic hydroxyl groups is 1. The minimum atomic E-state index is -0.224. The monoisotopic (exact) mass is 440 g/mol. The Morgan fingerprint density at radius 1 is 1.25 bits per heavy atom. The first-order chi connectivity index (χ1) is 15.6. The van der Waals surface area contributed by atoms with E-state index < -0.39 is 0 Å². The van der Waals surface area contributed by atoms with Gasteiger partial charge in [-0.2, -0.15) is 0 Å². The number of carbonyl (C=O) groups excluding carboxylic acids is 1. The number of anilines is 2. The van der Waals surface area contributed by atoms with Gasteiger partial charge in [-0.05, 0) is 44.5 Å². The highest BCUT2D eigenvalue weighted by Gasteiger charge is 2.28. The molecule has 1 saturated heterocycles. The Hall–Kier alpha value is -2.75. The Balaban J connectivity index is 1.67. The fourth-order valence-corrected chi connectivity index (χ4v) is 4.24. The van der Waals surface area contributed by atoms with Crippen molar-refractivity contribution >= 4 is 17.5 Å². The second-order valence-electron chi connectivity index (χ2n) is 8.22. The lowest BCUT2D eigenvalue weighted by molar-refractivity contribution is 0.0983. The SMILES string of the molecule is CCNC(=O)Nc1ccc(-c2nc3c(c(N4CCOCC4C)n2)CCN(CCO)C3)cc1. The average molecular weight is 441 g/mol. The van der Waals surface area contributed by atoms with Crippen molar-refractivity contribution in [2.75, 3.05) is 56.2 Å². The van der Waals surface area contributed by atoms with Crippen LogP contribution in [-0.4, -0.2) is 78.0 Å². The number of aliphatic hydroxyl groups excluding tert-OH is 1. The van der Waals surface area contributed by atoms with Crippen LogP contribution in [0.1, 0.15) is 25.1 Å². The van der Waals surface area contributed by atoms with Crippen LogP contribution in [0, 0.1) is 0 Å². The van der Waals surface area contributed by atoms with Crippen LogP contribution >= 0.6 is 0 Å². The number of hydrogen-bond donors (Lipinski definition) is 3. The van der Waals surface area contributed by atoms with Crippen LogP contribution in [0.4, 0.5) is 16.3 Å². The first-order valence-electron chi connectivity index (χ1n) is 11.3. The van der Waals surface area contributed by atoms with Gasteiger partial charge in [0.2, 0.25) is 0 Å². The number of fused-ring (bicyclic) bond motifs is 1. The van der Waals surface area contributed by atoms with E-state index in [4.69, 9.17) is 14.7 Å². The summed E-state index contributed by atoms with van der Waals surface area (Å²) in [6.45, 7) is 9.17. The summed E-state index contributed by atoms with van der Waals surface area (Å²) < 4.78 is 5.64. The third kappa shape index (κ3) is 5.01. The minimum absolute atomic E-state index is 0.140. The van der Waals surface area contributed by atoms with E-state index in [-0.39, 0.29) is 18.7 Å². The van der Waals surface area contributed by atoms with Gasteiger partial charge >= 0.3 is 6.03 Å². The summed E-state index contributed by atoms with van der Waals surface area (Å²) in [5.74, 6) is 1.67. The van der Waals surface area contributed by atoms with Crippen molar-refractivity contribution in [2.45, 2.75) is 32.9 Å². The van der Waals surface area contributed by atoms with Crippen molar-refractivity contribution in [1.82, 2.24) is 20.2 Å². The molecule has 0 saturated carbocycles. The van der Waals surface area contributed by atoms with E-state index in [2.05, 4.69) is 27.4 Å². The fourth-order valence-electron chi connectivity index (χ4n) is 4.24. The molecule has 0 radical (unpaired) electrons. The fraction of sp³-hybridized carbons (Fsp3) is 0.522. The molecule has 9 nitrogen and oxygen atoms in total. The zero-order valence-electron chi connectivity index (χ0n) is 18.8. The van der Waals surface area contributed by atoms with E-state index >= 15 is 0 Å². The normalized spacial score (nSPS) is 18.8. The lowest BCUT2D eigenvalue weighted by Crippen LogP contribution is -2.45. The average Bonchev–Trinajstić information content (AvgIpc) is 2.79. The van der Waals surface area contributed by atoms with E-state index in [1.54, 1.807) is 0 Å². The van der Waals surface area contributed by atoms with E-state index in [1.807, 2.05) is 31.2 Å². The highest BCUT2D eigenvalue weighted by Crippen LogP contribution is 2.31. The first-order valence-corrected chi connectivity index (χ1v) is 11.3. The highest BCUT2D eigenvalue weighted by atomic mass is 16.5. The second-order valence-corrected chi connectivity index (χ2v) is 8.22. The molecular formula is C23H32N6O3. The molecule has 0 aliphatic carbocycles. The van der Waals surface area contributed by atoms with E-state index in [1.165, 1.54) is 5.56 Å². The quantitative estimate of drug-likeness (QED) is 0.630. The van der Waals surface area contributed by atoms with Crippen molar-refractivity contribution in [3.63, 3.8) is 0 Å². The molecule has 1 unspecified atom stereocenters. The third-order valence-electron chi connectivity index (χ3n) is 5.92. The van der Waals surface area contributed by atoms with Crippen LogP contribution in [0.15, 0.2) is 24.3 Å². The first kappa shape index (κ1) is 22.4. The van der Waals surface area contributed by atoms with Gasteiger partial charge in [0, 0.05) is 49.5 Å². The van der Waals surface area contributed by atoms with Gasteiger partial charge in [-0.25, -0.2) is 14.8 Å². The maximum Gasteiger partial charge on any atom is 0.319 e. The van der Waals surface area contributed by atoms with Crippen LogP contribution in [0.2, 0.25) is 0 Å². The van der Waals surface area contributed by atoms with Crippen LogP contribution in [0.25, 0.3) is 11.4 Å². The Morgan fingerprint density at radius 2 is 2.06 bits per heavy atom. The Kier molecular flexibility index (Phi) is 7.19. The largest absolute Gasteiger partial charge is 0.395 e. The molecule has 172 valence electrons. The Labute approximate surface area is 188 Å². The van der Waals surface area contributed by atoms with Gasteiger partial charge in [0.25, 0.3) is 0 Å². The van der Waals surface area contributed by atoms with Gasteiger partial charge in [0.1, 0.15) is 5.82 Å². The Morgan fingerprint density at radius 3 is 2.78 bits per heavy atom. The number of aromatic nitrogens is 2. The summed E-state index contributed by atoms with van der Waals surface area (Å²) in [5, 5.41) is 14.9. The van der Waals surface area contributed by atoms with Crippen LogP contribution in [0.5, 0.6) is 0 Å². The number of β-amino-alcohol motifs (C(OH)–C–C–N with tert-alkyl or cyclic N) is 1. The molecule has 1 aromatic carbocycles. The molecule has 1 fully saturated rings. The van der Waals surface area contributed by atoms with E-state index in [9.17, 15) is 9.90 Å². The molecule has 0 bridgehead atoms. The van der Waals surface area contributed by atoms with Gasteiger partial charge in [-0.15, -0.1) is 0 Å². The number of benzene rings is 1. The maximum absolute atomic E-state index is 11.8. The number of hydrogen-bond acceptors (Lipinski definition) is 7. The molecule has 9 heteroatoms. The van der Waals surface area contributed by atoms with Gasteiger partial charge < -0.3 is 25.4 Å². The van der Waals surface area contributed by atoms with E-state index in [0.717, 1.165) is 36.6 Å². The number of amides is 2. The summed E-state index contributed by atoms with van der Waals surface area (Å²) in [6, 6.07) is 7.62. The van der Waals surface area contributed by atoms with Gasteiger partial charge in [-0.1, -0.05) is 0 Å². The molecule has 2 amide bonds. The third-order valence-corrected chi connectivity index (χ3v) is 5.92. The lowest BCUT2D eigenvalue weighted by Gasteiger charge is -2.37. The predicted octanol–water partition coefficient (Wildman–Crippen LogP) is 1.86.